The molecule has 0 saturated carbocycles. The van der Waals surface area contributed by atoms with Crippen molar-refractivity contribution in [2.75, 3.05) is 13.1 Å². The molecule has 10 heteroatoms. The van der Waals surface area contributed by atoms with Gasteiger partial charge in [-0.1, -0.05) is 11.6 Å². The molecule has 1 aliphatic rings. The molecule has 0 spiro atoms. The lowest BCUT2D eigenvalue weighted by Gasteiger charge is -2.25. The van der Waals surface area contributed by atoms with Crippen molar-refractivity contribution in [2.45, 2.75) is 30.8 Å². The second-order valence-corrected chi connectivity index (χ2v) is 9.31. The summed E-state index contributed by atoms with van der Waals surface area (Å²) in [4.78, 5) is 16.6. The third kappa shape index (κ3) is 4.39. The minimum atomic E-state index is -3.53. The van der Waals surface area contributed by atoms with Gasteiger partial charge in [-0.2, -0.15) is 20.6 Å². The van der Waals surface area contributed by atoms with Gasteiger partial charge >= 0.3 is 5.97 Å². The van der Waals surface area contributed by atoms with Crippen molar-refractivity contribution in [1.29, 1.82) is 0 Å². The molecule has 3 aromatic rings. The molecular weight excluding hydrogens is 414 g/mol. The van der Waals surface area contributed by atoms with E-state index < -0.39 is 16.0 Å². The number of hydrogen-bond donors (Lipinski definition) is 0. The molecule has 0 unspecified atom stereocenters. The summed E-state index contributed by atoms with van der Waals surface area (Å²) in [5.41, 5.74) is 1.09. The zero-order valence-electron chi connectivity index (χ0n) is 15.5. The highest BCUT2D eigenvalue weighted by Gasteiger charge is 2.26. The van der Waals surface area contributed by atoms with Crippen LogP contribution in [0.5, 0.6) is 0 Å². The number of rotatable bonds is 6. The molecule has 1 aliphatic heterocycles. The third-order valence-electron chi connectivity index (χ3n) is 4.62. The number of carbonyl (C=O) groups excluding carboxylic acids is 1. The van der Waals surface area contributed by atoms with Crippen LogP contribution >= 0.6 is 11.3 Å². The maximum absolute atomic E-state index is 12.7. The lowest BCUT2D eigenvalue weighted by atomic mass is 10.2. The smallest absolute Gasteiger partial charge is 0.338 e. The van der Waals surface area contributed by atoms with Crippen molar-refractivity contribution in [3.8, 4) is 11.4 Å². The van der Waals surface area contributed by atoms with Crippen LogP contribution in [0, 0.1) is 0 Å². The average Bonchev–Trinajstić information content (AvgIpc) is 3.44. The molecule has 3 heterocycles. The predicted molar refractivity (Wildman–Crippen MR) is 106 cm³/mol. The molecule has 29 heavy (non-hydrogen) atoms. The maximum atomic E-state index is 12.7. The first-order valence-corrected chi connectivity index (χ1v) is 11.5. The zero-order chi connectivity index (χ0) is 20.3. The second kappa shape index (κ2) is 8.44. The van der Waals surface area contributed by atoms with E-state index in [0.29, 0.717) is 18.9 Å². The molecule has 1 saturated heterocycles. The summed E-state index contributed by atoms with van der Waals surface area (Å²) in [5.74, 6) is 0.0237. The van der Waals surface area contributed by atoms with Gasteiger partial charge in [-0.3, -0.25) is 0 Å². The van der Waals surface area contributed by atoms with Gasteiger partial charge in [-0.15, -0.1) is 0 Å². The lowest BCUT2D eigenvalue weighted by molar-refractivity contribution is 0.0429. The van der Waals surface area contributed by atoms with Gasteiger partial charge in [-0.25, -0.2) is 13.2 Å². The summed E-state index contributed by atoms with van der Waals surface area (Å²) in [7, 11) is -3.53. The lowest BCUT2D eigenvalue weighted by Crippen LogP contribution is -2.35. The van der Waals surface area contributed by atoms with Crippen LogP contribution in [0.2, 0.25) is 0 Å². The molecule has 8 nitrogen and oxygen atoms in total. The summed E-state index contributed by atoms with van der Waals surface area (Å²) < 4.78 is 37.1. The van der Waals surface area contributed by atoms with E-state index in [1.54, 1.807) is 0 Å². The number of carbonyl (C=O) groups is 1. The van der Waals surface area contributed by atoms with E-state index in [0.717, 1.165) is 24.8 Å². The first-order valence-electron chi connectivity index (χ1n) is 9.16. The van der Waals surface area contributed by atoms with Gasteiger partial charge in [0.15, 0.2) is 6.61 Å². The number of esters is 1. The molecule has 0 amide bonds. The summed E-state index contributed by atoms with van der Waals surface area (Å²) in [6.45, 7) is 0.900. The van der Waals surface area contributed by atoms with Crippen LogP contribution < -0.4 is 0 Å². The van der Waals surface area contributed by atoms with E-state index in [1.807, 2.05) is 16.8 Å². The van der Waals surface area contributed by atoms with Gasteiger partial charge in [-0.05, 0) is 48.6 Å². The number of sulfonamides is 1. The largest absolute Gasteiger partial charge is 0.452 e. The van der Waals surface area contributed by atoms with Crippen molar-refractivity contribution in [3.05, 3.63) is 52.5 Å². The monoisotopic (exact) mass is 433 g/mol. The van der Waals surface area contributed by atoms with Gasteiger partial charge < -0.3 is 9.26 Å². The number of piperidine rings is 1. The number of aromatic nitrogens is 2. The van der Waals surface area contributed by atoms with E-state index in [1.165, 1.54) is 39.9 Å². The summed E-state index contributed by atoms with van der Waals surface area (Å²) >= 11 is 1.52. The van der Waals surface area contributed by atoms with Gasteiger partial charge in [0.2, 0.25) is 15.8 Å². The fourth-order valence-corrected chi connectivity index (χ4v) is 5.20. The summed E-state index contributed by atoms with van der Waals surface area (Å²) in [5, 5.41) is 7.64. The average molecular weight is 434 g/mol. The van der Waals surface area contributed by atoms with Gasteiger partial charge in [0.25, 0.3) is 5.89 Å². The highest BCUT2D eigenvalue weighted by molar-refractivity contribution is 7.89. The topological polar surface area (TPSA) is 103 Å². The van der Waals surface area contributed by atoms with Crippen molar-refractivity contribution in [1.82, 2.24) is 14.4 Å². The summed E-state index contributed by atoms with van der Waals surface area (Å²) in [6, 6.07) is 7.63. The third-order valence-corrected chi connectivity index (χ3v) is 7.21. The molecule has 4 rings (SSSR count). The van der Waals surface area contributed by atoms with E-state index in [2.05, 4.69) is 10.1 Å². The molecule has 1 fully saturated rings. The highest BCUT2D eigenvalue weighted by atomic mass is 32.2. The highest BCUT2D eigenvalue weighted by Crippen LogP contribution is 2.22. The molecule has 0 N–H and O–H groups in total. The normalized spacial score (nSPS) is 15.3. The van der Waals surface area contributed by atoms with Crippen molar-refractivity contribution in [2.24, 2.45) is 0 Å². The number of benzene rings is 1. The Kier molecular flexibility index (Phi) is 5.74. The Balaban J connectivity index is 1.38. The first kappa shape index (κ1) is 19.7. The first-order chi connectivity index (χ1) is 14.0. The van der Waals surface area contributed by atoms with Crippen LogP contribution in [0.3, 0.4) is 0 Å². The van der Waals surface area contributed by atoms with Gasteiger partial charge in [0.1, 0.15) is 0 Å². The van der Waals surface area contributed by atoms with Crippen LogP contribution in [0.4, 0.5) is 0 Å². The molecule has 0 atom stereocenters. The summed E-state index contributed by atoms with van der Waals surface area (Å²) in [6.07, 6.45) is 2.78. The molecule has 152 valence electrons. The standard InChI is InChI=1S/C19H19N3O5S2/c23-19(26-12-17-20-18(21-27-17)15-8-11-28-13-15)14-4-6-16(7-5-14)29(24,25)22-9-2-1-3-10-22/h4-8,11,13H,1-3,9-10,12H2. The SMILES string of the molecule is O=C(OCc1nc(-c2ccsc2)no1)c1ccc(S(=O)(=O)N2CCCCC2)cc1. The van der Waals surface area contributed by atoms with E-state index in [-0.39, 0.29) is 23.0 Å². The fraction of sp³-hybridized carbons (Fsp3) is 0.316. The molecule has 2 aromatic heterocycles. The minimum Gasteiger partial charge on any atom is -0.452 e. The van der Waals surface area contributed by atoms with Crippen LogP contribution in [-0.4, -0.2) is 41.9 Å². The van der Waals surface area contributed by atoms with E-state index in [9.17, 15) is 13.2 Å². The van der Waals surface area contributed by atoms with Crippen LogP contribution in [-0.2, 0) is 21.4 Å². The van der Waals surface area contributed by atoms with Crippen LogP contribution in [0.25, 0.3) is 11.4 Å². The molecular formula is C19H19N3O5S2. The van der Waals surface area contributed by atoms with E-state index in [4.69, 9.17) is 9.26 Å². The second-order valence-electron chi connectivity index (χ2n) is 6.59. The number of thiophene rings is 1. The zero-order valence-corrected chi connectivity index (χ0v) is 17.1. The Labute approximate surface area is 172 Å². The predicted octanol–water partition coefficient (Wildman–Crippen LogP) is 3.33. The number of nitrogens with zero attached hydrogens (tertiary/aromatic N) is 3. The van der Waals surface area contributed by atoms with Crippen molar-refractivity contribution in [3.63, 3.8) is 0 Å². The number of hydrogen-bond acceptors (Lipinski definition) is 8. The molecule has 1 aromatic carbocycles. The fourth-order valence-electron chi connectivity index (χ4n) is 3.05. The van der Waals surface area contributed by atoms with Crippen LogP contribution in [0.1, 0.15) is 35.5 Å². The Morgan fingerprint density at radius 2 is 1.90 bits per heavy atom. The number of ether oxygens (including phenoxy) is 1. The van der Waals surface area contributed by atoms with Gasteiger partial charge in [0.05, 0.1) is 10.5 Å². The van der Waals surface area contributed by atoms with Crippen molar-refractivity contribution < 1.29 is 22.5 Å². The quantitative estimate of drug-likeness (QED) is 0.549. The van der Waals surface area contributed by atoms with Crippen LogP contribution in [0.15, 0.2) is 50.5 Å². The minimum absolute atomic E-state index is 0.163. The molecule has 0 radical (unpaired) electrons. The van der Waals surface area contributed by atoms with E-state index >= 15 is 0 Å². The Hall–Kier alpha value is -2.56. The Bertz CT molecular complexity index is 1070. The molecule has 0 aliphatic carbocycles. The Morgan fingerprint density at radius 1 is 1.14 bits per heavy atom. The molecule has 0 bridgehead atoms. The maximum Gasteiger partial charge on any atom is 0.338 e. The van der Waals surface area contributed by atoms with Gasteiger partial charge in [0, 0.05) is 24.0 Å². The Morgan fingerprint density at radius 3 is 2.59 bits per heavy atom. The van der Waals surface area contributed by atoms with Crippen molar-refractivity contribution >= 4 is 27.3 Å².